The Morgan fingerprint density at radius 1 is 0.576 bits per heavy atom. The first-order valence-electron chi connectivity index (χ1n) is 10.3. The molecular weight excluding hydrogens is 416 g/mol. The van der Waals surface area contributed by atoms with E-state index < -0.39 is 0 Å². The first kappa shape index (κ1) is 21.6. The summed E-state index contributed by atoms with van der Waals surface area (Å²) in [6.07, 6.45) is 0. The Labute approximate surface area is 191 Å². The van der Waals surface area contributed by atoms with Crippen molar-refractivity contribution in [2.24, 2.45) is 0 Å². The van der Waals surface area contributed by atoms with Gasteiger partial charge in [0, 0.05) is 22.5 Å². The van der Waals surface area contributed by atoms with Crippen molar-refractivity contribution in [2.75, 3.05) is 17.7 Å². The maximum Gasteiger partial charge on any atom is 0.255 e. The molecule has 0 saturated heterocycles. The van der Waals surface area contributed by atoms with Gasteiger partial charge in [-0.2, -0.15) is 0 Å². The fraction of sp³-hybridized carbons (Fsp3) is 0.0370. The molecule has 2 amide bonds. The van der Waals surface area contributed by atoms with Crippen LogP contribution in [0.4, 0.5) is 11.4 Å². The van der Waals surface area contributed by atoms with Crippen molar-refractivity contribution >= 4 is 23.2 Å². The number of benzene rings is 4. The van der Waals surface area contributed by atoms with Crippen molar-refractivity contribution in [3.05, 3.63) is 114 Å². The Morgan fingerprint density at radius 2 is 1.15 bits per heavy atom. The molecule has 4 rings (SSSR count). The van der Waals surface area contributed by atoms with Crippen molar-refractivity contribution < 1.29 is 19.1 Å². The number of carbonyl (C=O) groups is 2. The van der Waals surface area contributed by atoms with E-state index in [1.807, 2.05) is 30.3 Å². The molecule has 4 aromatic rings. The lowest BCUT2D eigenvalue weighted by Gasteiger charge is -2.10. The van der Waals surface area contributed by atoms with Crippen LogP contribution in [0.1, 0.15) is 20.7 Å². The molecular formula is C27H22N2O4. The van der Waals surface area contributed by atoms with Crippen LogP contribution in [0.2, 0.25) is 0 Å². The lowest BCUT2D eigenvalue weighted by Crippen LogP contribution is -2.13. The van der Waals surface area contributed by atoms with Crippen LogP contribution in [-0.2, 0) is 0 Å². The van der Waals surface area contributed by atoms with Gasteiger partial charge in [0.2, 0.25) is 0 Å². The van der Waals surface area contributed by atoms with Crippen molar-refractivity contribution in [1.82, 2.24) is 0 Å². The van der Waals surface area contributed by atoms with Crippen molar-refractivity contribution in [1.29, 1.82) is 0 Å². The van der Waals surface area contributed by atoms with Gasteiger partial charge >= 0.3 is 0 Å². The standard InChI is InChI=1S/C27H22N2O4/c1-32-23-16-14-22(15-17-23)28-26(30)19-10-12-21(13-11-19)29-27(31)20-6-5-9-25(18-20)33-24-7-3-2-4-8-24/h2-18H,1H3,(H,28,30)(H,29,31). The quantitative estimate of drug-likeness (QED) is 0.371. The van der Waals surface area contributed by atoms with Gasteiger partial charge in [-0.25, -0.2) is 0 Å². The van der Waals surface area contributed by atoms with Gasteiger partial charge in [-0.05, 0) is 78.9 Å². The van der Waals surface area contributed by atoms with E-state index in [1.54, 1.807) is 79.9 Å². The molecule has 0 fully saturated rings. The minimum absolute atomic E-state index is 0.246. The maximum atomic E-state index is 12.7. The summed E-state index contributed by atoms with van der Waals surface area (Å²) in [6.45, 7) is 0. The number of methoxy groups -OCH3 is 1. The second-order valence-electron chi connectivity index (χ2n) is 7.16. The van der Waals surface area contributed by atoms with Crippen molar-refractivity contribution in [2.45, 2.75) is 0 Å². The van der Waals surface area contributed by atoms with E-state index in [-0.39, 0.29) is 11.8 Å². The first-order valence-corrected chi connectivity index (χ1v) is 10.3. The summed E-state index contributed by atoms with van der Waals surface area (Å²) in [5.41, 5.74) is 2.18. The highest BCUT2D eigenvalue weighted by Crippen LogP contribution is 2.22. The van der Waals surface area contributed by atoms with Gasteiger partial charge in [-0.1, -0.05) is 24.3 Å². The highest BCUT2D eigenvalue weighted by Gasteiger charge is 2.10. The first-order chi connectivity index (χ1) is 16.1. The third kappa shape index (κ3) is 5.77. The summed E-state index contributed by atoms with van der Waals surface area (Å²) < 4.78 is 10.9. The molecule has 6 heteroatoms. The number of amides is 2. The maximum absolute atomic E-state index is 12.7. The van der Waals surface area contributed by atoms with Crippen LogP contribution in [0.3, 0.4) is 0 Å². The van der Waals surface area contributed by atoms with Crippen molar-refractivity contribution in [3.63, 3.8) is 0 Å². The number of para-hydroxylation sites is 1. The second kappa shape index (κ2) is 10.2. The molecule has 6 nitrogen and oxygen atoms in total. The molecule has 33 heavy (non-hydrogen) atoms. The van der Waals surface area contributed by atoms with Crippen LogP contribution >= 0.6 is 0 Å². The average Bonchev–Trinajstić information content (AvgIpc) is 2.86. The van der Waals surface area contributed by atoms with Gasteiger partial charge in [0.15, 0.2) is 0 Å². The van der Waals surface area contributed by atoms with E-state index in [4.69, 9.17) is 9.47 Å². The molecule has 0 unspecified atom stereocenters. The SMILES string of the molecule is COc1ccc(NC(=O)c2ccc(NC(=O)c3cccc(Oc4ccccc4)c3)cc2)cc1. The van der Waals surface area contributed by atoms with E-state index in [2.05, 4.69) is 10.6 Å². The van der Waals surface area contributed by atoms with E-state index in [1.165, 1.54) is 0 Å². The molecule has 0 spiro atoms. The van der Waals surface area contributed by atoms with Crippen LogP contribution in [0.5, 0.6) is 17.2 Å². The molecule has 0 atom stereocenters. The molecule has 164 valence electrons. The van der Waals surface area contributed by atoms with Crippen molar-refractivity contribution in [3.8, 4) is 17.2 Å². The Balaban J connectivity index is 1.37. The lowest BCUT2D eigenvalue weighted by atomic mass is 10.1. The number of nitrogens with one attached hydrogen (secondary N) is 2. The molecule has 0 heterocycles. The summed E-state index contributed by atoms with van der Waals surface area (Å²) in [7, 11) is 1.59. The Kier molecular flexibility index (Phi) is 6.66. The molecule has 2 N–H and O–H groups in total. The summed E-state index contributed by atoms with van der Waals surface area (Å²) in [5.74, 6) is 1.45. The van der Waals surface area contributed by atoms with Gasteiger partial charge in [-0.3, -0.25) is 9.59 Å². The van der Waals surface area contributed by atoms with Gasteiger partial charge < -0.3 is 20.1 Å². The number of ether oxygens (including phenoxy) is 2. The molecule has 0 radical (unpaired) electrons. The van der Waals surface area contributed by atoms with Crippen LogP contribution in [-0.4, -0.2) is 18.9 Å². The van der Waals surface area contributed by atoms with Gasteiger partial charge in [-0.15, -0.1) is 0 Å². The molecule has 0 aliphatic rings. The summed E-state index contributed by atoms with van der Waals surface area (Å²) in [5, 5.41) is 5.66. The number of anilines is 2. The average molecular weight is 438 g/mol. The minimum Gasteiger partial charge on any atom is -0.497 e. The van der Waals surface area contributed by atoms with Crippen LogP contribution < -0.4 is 20.1 Å². The van der Waals surface area contributed by atoms with E-state index >= 15 is 0 Å². The minimum atomic E-state index is -0.274. The summed E-state index contributed by atoms with van der Waals surface area (Å²) >= 11 is 0. The number of carbonyl (C=O) groups excluding carboxylic acids is 2. The molecule has 0 saturated carbocycles. The fourth-order valence-corrected chi connectivity index (χ4v) is 3.11. The Hall–Kier alpha value is -4.58. The number of hydrogen-bond acceptors (Lipinski definition) is 4. The second-order valence-corrected chi connectivity index (χ2v) is 7.16. The zero-order valence-electron chi connectivity index (χ0n) is 17.9. The Bertz CT molecular complexity index is 1240. The summed E-state index contributed by atoms with van der Waals surface area (Å²) in [4.78, 5) is 25.1. The molecule has 4 aromatic carbocycles. The predicted molar refractivity (Wildman–Crippen MR) is 128 cm³/mol. The van der Waals surface area contributed by atoms with E-state index in [0.717, 1.165) is 0 Å². The highest BCUT2D eigenvalue weighted by molar-refractivity contribution is 6.06. The predicted octanol–water partition coefficient (Wildman–Crippen LogP) is 5.99. The third-order valence-corrected chi connectivity index (χ3v) is 4.83. The van der Waals surface area contributed by atoms with Crippen LogP contribution in [0, 0.1) is 0 Å². The third-order valence-electron chi connectivity index (χ3n) is 4.83. The van der Waals surface area contributed by atoms with E-state index in [9.17, 15) is 9.59 Å². The molecule has 0 aromatic heterocycles. The molecule has 0 aliphatic heterocycles. The topological polar surface area (TPSA) is 76.7 Å². The number of rotatable bonds is 7. The summed E-state index contributed by atoms with van der Waals surface area (Å²) in [6, 6.07) is 30.1. The van der Waals surface area contributed by atoms with Crippen LogP contribution in [0.25, 0.3) is 0 Å². The van der Waals surface area contributed by atoms with E-state index in [0.29, 0.717) is 39.8 Å². The smallest absolute Gasteiger partial charge is 0.255 e. The number of hydrogen-bond donors (Lipinski definition) is 2. The molecule has 0 bridgehead atoms. The lowest BCUT2D eigenvalue weighted by molar-refractivity contribution is 0.101. The van der Waals surface area contributed by atoms with Gasteiger partial charge in [0.1, 0.15) is 17.2 Å². The monoisotopic (exact) mass is 438 g/mol. The molecule has 0 aliphatic carbocycles. The fourth-order valence-electron chi connectivity index (χ4n) is 3.11. The normalized spacial score (nSPS) is 10.2. The highest BCUT2D eigenvalue weighted by atomic mass is 16.5. The van der Waals surface area contributed by atoms with Gasteiger partial charge in [0.25, 0.3) is 11.8 Å². The van der Waals surface area contributed by atoms with Gasteiger partial charge in [0.05, 0.1) is 7.11 Å². The van der Waals surface area contributed by atoms with Crippen LogP contribution in [0.15, 0.2) is 103 Å². The zero-order chi connectivity index (χ0) is 23.0. The zero-order valence-corrected chi connectivity index (χ0v) is 17.9. The largest absolute Gasteiger partial charge is 0.497 e. The Morgan fingerprint density at radius 3 is 1.79 bits per heavy atom.